The lowest BCUT2D eigenvalue weighted by Crippen LogP contribution is -2.12. The van der Waals surface area contributed by atoms with E-state index in [0.717, 1.165) is 16.6 Å². The minimum Gasteiger partial charge on any atom is -0.492 e. The van der Waals surface area contributed by atoms with Crippen molar-refractivity contribution in [1.82, 2.24) is 0 Å². The first-order valence-corrected chi connectivity index (χ1v) is 9.10. The van der Waals surface area contributed by atoms with E-state index in [1.807, 2.05) is 0 Å². The van der Waals surface area contributed by atoms with Gasteiger partial charge >= 0.3 is 0 Å². The molecule has 2 aromatic carbocycles. The number of anilines is 1. The zero-order chi connectivity index (χ0) is 17.7. The molecule has 2 aromatic rings. The van der Waals surface area contributed by atoms with Gasteiger partial charge in [-0.3, -0.25) is 4.79 Å². The Morgan fingerprint density at radius 3 is 2.42 bits per heavy atom. The molecule has 0 aliphatic rings. The molecule has 6 heteroatoms. The van der Waals surface area contributed by atoms with Crippen LogP contribution in [0.5, 0.6) is 5.75 Å². The Hall–Kier alpha value is -1.23. The van der Waals surface area contributed by atoms with Crippen molar-refractivity contribution in [3.63, 3.8) is 0 Å². The number of hydrogen-bond acceptors (Lipinski definition) is 2. The average molecular weight is 431 g/mol. The standard InChI is InChI=1S/C18H18BrCl2NO2/c1-11(2)5-6-24-17-4-3-12(7-16(17)19)18(23)22-15-9-13(20)8-14(21)10-15/h3-4,7-11H,5-6H2,1-2H3,(H,22,23). The van der Waals surface area contributed by atoms with Gasteiger partial charge in [-0.25, -0.2) is 0 Å². The fraction of sp³-hybridized carbons (Fsp3) is 0.278. The summed E-state index contributed by atoms with van der Waals surface area (Å²) in [6, 6.07) is 10.1. The summed E-state index contributed by atoms with van der Waals surface area (Å²) in [6.45, 7) is 4.94. The van der Waals surface area contributed by atoms with Gasteiger partial charge in [-0.05, 0) is 64.7 Å². The molecule has 2 rings (SSSR count). The van der Waals surface area contributed by atoms with Gasteiger partial charge in [0, 0.05) is 21.3 Å². The lowest BCUT2D eigenvalue weighted by molar-refractivity contribution is 0.102. The molecule has 0 spiro atoms. The molecule has 0 aliphatic heterocycles. The molecule has 0 aromatic heterocycles. The van der Waals surface area contributed by atoms with Crippen LogP contribution in [-0.2, 0) is 0 Å². The summed E-state index contributed by atoms with van der Waals surface area (Å²) in [5.74, 6) is 1.05. The number of ether oxygens (including phenoxy) is 1. The maximum absolute atomic E-state index is 12.3. The van der Waals surface area contributed by atoms with Crippen molar-refractivity contribution in [2.24, 2.45) is 5.92 Å². The molecule has 0 unspecified atom stereocenters. The van der Waals surface area contributed by atoms with Gasteiger partial charge in [0.05, 0.1) is 11.1 Å². The SMILES string of the molecule is CC(C)CCOc1ccc(C(=O)Nc2cc(Cl)cc(Cl)c2)cc1Br. The van der Waals surface area contributed by atoms with Gasteiger partial charge in [-0.1, -0.05) is 37.0 Å². The first kappa shape index (κ1) is 19.1. The number of carbonyl (C=O) groups is 1. The molecule has 0 saturated heterocycles. The smallest absolute Gasteiger partial charge is 0.255 e. The topological polar surface area (TPSA) is 38.3 Å². The van der Waals surface area contributed by atoms with Crippen LogP contribution in [0.4, 0.5) is 5.69 Å². The zero-order valence-electron chi connectivity index (χ0n) is 13.4. The van der Waals surface area contributed by atoms with Crippen LogP contribution in [0.15, 0.2) is 40.9 Å². The van der Waals surface area contributed by atoms with Crippen LogP contribution in [0, 0.1) is 5.92 Å². The molecule has 1 amide bonds. The van der Waals surface area contributed by atoms with Crippen molar-refractivity contribution in [3.8, 4) is 5.75 Å². The predicted octanol–water partition coefficient (Wildman–Crippen LogP) is 6.43. The molecular formula is C18H18BrCl2NO2. The van der Waals surface area contributed by atoms with Gasteiger partial charge in [0.2, 0.25) is 0 Å². The van der Waals surface area contributed by atoms with Gasteiger partial charge < -0.3 is 10.1 Å². The Balaban J connectivity index is 2.06. The number of nitrogens with one attached hydrogen (secondary N) is 1. The number of carbonyl (C=O) groups excluding carboxylic acids is 1. The van der Waals surface area contributed by atoms with E-state index in [0.29, 0.717) is 33.8 Å². The number of benzene rings is 2. The van der Waals surface area contributed by atoms with Gasteiger partial charge in [0.1, 0.15) is 5.75 Å². The van der Waals surface area contributed by atoms with E-state index in [1.165, 1.54) is 0 Å². The van der Waals surface area contributed by atoms with E-state index in [2.05, 4.69) is 35.1 Å². The summed E-state index contributed by atoms with van der Waals surface area (Å²) < 4.78 is 6.46. The Bertz CT molecular complexity index is 715. The van der Waals surface area contributed by atoms with Crippen molar-refractivity contribution in [2.45, 2.75) is 20.3 Å². The highest BCUT2D eigenvalue weighted by molar-refractivity contribution is 9.10. The van der Waals surface area contributed by atoms with E-state index in [1.54, 1.807) is 36.4 Å². The fourth-order valence-electron chi connectivity index (χ4n) is 1.99. The van der Waals surface area contributed by atoms with Crippen LogP contribution in [0.25, 0.3) is 0 Å². The molecule has 0 saturated carbocycles. The van der Waals surface area contributed by atoms with E-state index >= 15 is 0 Å². The second-order valence-electron chi connectivity index (χ2n) is 5.79. The largest absolute Gasteiger partial charge is 0.492 e. The van der Waals surface area contributed by atoms with Gasteiger partial charge in [-0.2, -0.15) is 0 Å². The van der Waals surface area contributed by atoms with E-state index in [9.17, 15) is 4.79 Å². The average Bonchev–Trinajstić information content (AvgIpc) is 2.47. The molecule has 128 valence electrons. The van der Waals surface area contributed by atoms with Crippen molar-refractivity contribution in [2.75, 3.05) is 11.9 Å². The van der Waals surface area contributed by atoms with Gasteiger partial charge in [0.15, 0.2) is 0 Å². The van der Waals surface area contributed by atoms with Crippen LogP contribution in [0.2, 0.25) is 10.0 Å². The Kier molecular flexibility index (Phi) is 6.96. The molecule has 0 aliphatic carbocycles. The van der Waals surface area contributed by atoms with E-state index in [4.69, 9.17) is 27.9 Å². The molecule has 0 fully saturated rings. The Morgan fingerprint density at radius 2 is 1.83 bits per heavy atom. The minimum absolute atomic E-state index is 0.247. The van der Waals surface area contributed by atoms with Crippen LogP contribution >= 0.6 is 39.1 Å². The third kappa shape index (κ3) is 5.69. The molecule has 0 heterocycles. The number of hydrogen-bond donors (Lipinski definition) is 1. The van der Waals surface area contributed by atoms with Crippen LogP contribution in [0.1, 0.15) is 30.6 Å². The third-order valence-electron chi connectivity index (χ3n) is 3.27. The molecular weight excluding hydrogens is 413 g/mol. The van der Waals surface area contributed by atoms with E-state index in [-0.39, 0.29) is 5.91 Å². The molecule has 3 nitrogen and oxygen atoms in total. The van der Waals surface area contributed by atoms with Crippen molar-refractivity contribution in [1.29, 1.82) is 0 Å². The number of amides is 1. The molecule has 0 bridgehead atoms. The van der Waals surface area contributed by atoms with Crippen molar-refractivity contribution < 1.29 is 9.53 Å². The summed E-state index contributed by atoms with van der Waals surface area (Å²) in [6.07, 6.45) is 0.976. The number of halogens is 3. The maximum Gasteiger partial charge on any atom is 0.255 e. The Morgan fingerprint density at radius 1 is 1.17 bits per heavy atom. The van der Waals surface area contributed by atoms with Crippen LogP contribution < -0.4 is 10.1 Å². The first-order chi connectivity index (χ1) is 11.3. The molecule has 1 N–H and O–H groups in total. The van der Waals surface area contributed by atoms with Crippen LogP contribution in [-0.4, -0.2) is 12.5 Å². The second-order valence-corrected chi connectivity index (χ2v) is 7.52. The Labute approximate surface area is 160 Å². The molecule has 0 atom stereocenters. The predicted molar refractivity (Wildman–Crippen MR) is 104 cm³/mol. The summed E-state index contributed by atoms with van der Waals surface area (Å²) in [5.41, 5.74) is 1.06. The van der Waals surface area contributed by atoms with Gasteiger partial charge in [0.25, 0.3) is 5.91 Å². The molecule has 0 radical (unpaired) electrons. The lowest BCUT2D eigenvalue weighted by atomic mass is 10.1. The summed E-state index contributed by atoms with van der Waals surface area (Å²) in [7, 11) is 0. The highest BCUT2D eigenvalue weighted by atomic mass is 79.9. The lowest BCUT2D eigenvalue weighted by Gasteiger charge is -2.11. The fourth-order valence-corrected chi connectivity index (χ4v) is 3.01. The normalized spacial score (nSPS) is 10.8. The zero-order valence-corrected chi connectivity index (χ0v) is 16.5. The monoisotopic (exact) mass is 429 g/mol. The maximum atomic E-state index is 12.3. The van der Waals surface area contributed by atoms with Crippen LogP contribution in [0.3, 0.4) is 0 Å². The molecule has 24 heavy (non-hydrogen) atoms. The highest BCUT2D eigenvalue weighted by Crippen LogP contribution is 2.27. The van der Waals surface area contributed by atoms with Crippen molar-refractivity contribution >= 4 is 50.7 Å². The summed E-state index contributed by atoms with van der Waals surface area (Å²) >= 11 is 15.3. The first-order valence-electron chi connectivity index (χ1n) is 7.55. The van der Waals surface area contributed by atoms with Gasteiger partial charge in [-0.15, -0.1) is 0 Å². The quantitative estimate of drug-likeness (QED) is 0.572. The van der Waals surface area contributed by atoms with E-state index < -0.39 is 0 Å². The number of rotatable bonds is 6. The minimum atomic E-state index is -0.247. The summed E-state index contributed by atoms with van der Waals surface area (Å²) in [4.78, 5) is 12.3. The summed E-state index contributed by atoms with van der Waals surface area (Å²) in [5, 5.41) is 3.71. The van der Waals surface area contributed by atoms with Crippen molar-refractivity contribution in [3.05, 3.63) is 56.5 Å². The highest BCUT2D eigenvalue weighted by Gasteiger charge is 2.11. The third-order valence-corrected chi connectivity index (χ3v) is 4.32. The second kappa shape index (κ2) is 8.75.